The number of rotatable bonds is 15. The van der Waals surface area contributed by atoms with E-state index in [1.807, 2.05) is 25.1 Å². The van der Waals surface area contributed by atoms with Crippen LogP contribution in [0, 0.1) is 6.92 Å². The molecule has 0 radical (unpaired) electrons. The van der Waals surface area contributed by atoms with E-state index in [2.05, 4.69) is 22.2 Å². The molecular weight excluding hydrogens is 415 g/mol. The van der Waals surface area contributed by atoms with E-state index in [0.29, 0.717) is 38.2 Å². The van der Waals surface area contributed by atoms with Crippen molar-refractivity contribution in [3.8, 4) is 11.5 Å². The minimum absolute atomic E-state index is 0.0951. The number of aryl methyl sites for hydroxylation is 1. The molecule has 2 rings (SSSR count). The van der Waals surface area contributed by atoms with Gasteiger partial charge in [-0.25, -0.2) is 4.98 Å². The zero-order chi connectivity index (χ0) is 22.5. The predicted molar refractivity (Wildman–Crippen MR) is 124 cm³/mol. The van der Waals surface area contributed by atoms with Gasteiger partial charge >= 0.3 is 0 Å². The molecule has 0 saturated heterocycles. The molecule has 1 aromatic carbocycles. The predicted octanol–water partition coefficient (Wildman–Crippen LogP) is 4.26. The van der Waals surface area contributed by atoms with E-state index in [0.717, 1.165) is 47.8 Å². The Kier molecular flexibility index (Phi) is 11.0. The van der Waals surface area contributed by atoms with Gasteiger partial charge in [0.1, 0.15) is 23.9 Å². The molecule has 0 unspecified atom stereocenters. The summed E-state index contributed by atoms with van der Waals surface area (Å²) in [5, 5.41) is 3.42. The molecule has 170 valence electrons. The zero-order valence-corrected chi connectivity index (χ0v) is 19.5. The number of nitrogens with two attached hydrogens (primary N) is 1. The highest BCUT2D eigenvalue weighted by atomic mass is 31.1. The molecule has 1 aromatic heterocycles. The fourth-order valence-electron chi connectivity index (χ4n) is 3.13. The maximum absolute atomic E-state index is 10.4. The Balaban J connectivity index is 2.08. The van der Waals surface area contributed by atoms with Crippen LogP contribution in [0.3, 0.4) is 0 Å². The fraction of sp³-hybridized carbons (Fsp3) is 0.545. The van der Waals surface area contributed by atoms with Gasteiger partial charge in [0.25, 0.3) is 0 Å². The summed E-state index contributed by atoms with van der Waals surface area (Å²) in [5.41, 5.74) is 8.74. The quantitative estimate of drug-likeness (QED) is 0.307. The molecule has 0 bridgehead atoms. The Labute approximate surface area is 186 Å². The van der Waals surface area contributed by atoms with Crippen LogP contribution in [0.1, 0.15) is 43.0 Å². The molecule has 1 heterocycles. The van der Waals surface area contributed by atoms with Crippen molar-refractivity contribution in [2.45, 2.75) is 39.5 Å². The van der Waals surface area contributed by atoms with Gasteiger partial charge < -0.3 is 25.3 Å². The van der Waals surface area contributed by atoms with Crippen LogP contribution in [0.2, 0.25) is 0 Å². The van der Waals surface area contributed by atoms with Gasteiger partial charge in [-0.3, -0.25) is 4.57 Å². The Bertz CT molecular complexity index is 835. The molecule has 9 heteroatoms. The van der Waals surface area contributed by atoms with E-state index in [4.69, 9.17) is 19.9 Å². The monoisotopic (exact) mass is 448 g/mol. The third kappa shape index (κ3) is 8.31. The van der Waals surface area contributed by atoms with Crippen molar-refractivity contribution in [1.82, 2.24) is 9.97 Å². The summed E-state index contributed by atoms with van der Waals surface area (Å²) < 4.78 is 27.1. The zero-order valence-electron chi connectivity index (χ0n) is 18.6. The molecule has 0 saturated carbocycles. The number of hydrogen-bond donors (Lipinski definition) is 2. The number of nitrogen functional groups attached to an aromatic ring is 1. The highest BCUT2D eigenvalue weighted by molar-refractivity contribution is 7.23. The van der Waals surface area contributed by atoms with Crippen molar-refractivity contribution in [1.29, 1.82) is 0 Å². The smallest absolute Gasteiger partial charge is 0.222 e. The minimum atomic E-state index is 0.0951. The molecule has 0 aliphatic carbocycles. The first-order chi connectivity index (χ1) is 15.1. The van der Waals surface area contributed by atoms with Crippen molar-refractivity contribution in [2.75, 3.05) is 50.7 Å². The fourth-order valence-corrected chi connectivity index (χ4v) is 3.33. The topological polar surface area (TPSA) is 109 Å². The first-order valence-electron chi connectivity index (χ1n) is 10.6. The number of hydrogen-bond acceptors (Lipinski definition) is 8. The van der Waals surface area contributed by atoms with Crippen molar-refractivity contribution >= 4 is 20.2 Å². The number of ether oxygens (including phenoxy) is 3. The lowest BCUT2D eigenvalue weighted by molar-refractivity contribution is 0.111. The van der Waals surface area contributed by atoms with Gasteiger partial charge in [0, 0.05) is 30.3 Å². The molecule has 0 atom stereocenters. The van der Waals surface area contributed by atoms with Crippen LogP contribution >= 0.6 is 8.46 Å². The van der Waals surface area contributed by atoms with Crippen LogP contribution < -0.4 is 20.5 Å². The van der Waals surface area contributed by atoms with Crippen molar-refractivity contribution in [3.05, 3.63) is 35.0 Å². The van der Waals surface area contributed by atoms with Crippen molar-refractivity contribution in [3.63, 3.8) is 0 Å². The van der Waals surface area contributed by atoms with E-state index >= 15 is 0 Å². The number of nitrogens with one attached hydrogen (secondary N) is 1. The summed E-state index contributed by atoms with van der Waals surface area (Å²) in [4.78, 5) is 8.77. The lowest BCUT2D eigenvalue weighted by atomic mass is 10.0. The number of methoxy groups -OCH3 is 1. The van der Waals surface area contributed by atoms with Gasteiger partial charge in [0.15, 0.2) is 8.46 Å². The third-order valence-corrected chi connectivity index (χ3v) is 5.12. The van der Waals surface area contributed by atoms with E-state index in [1.54, 1.807) is 7.11 Å². The van der Waals surface area contributed by atoms with Gasteiger partial charge in [-0.1, -0.05) is 25.8 Å². The molecule has 0 aliphatic heterocycles. The number of aromatic nitrogens is 2. The molecule has 31 heavy (non-hydrogen) atoms. The van der Waals surface area contributed by atoms with Gasteiger partial charge in [-0.2, -0.15) is 4.98 Å². The van der Waals surface area contributed by atoms with E-state index in [-0.39, 0.29) is 14.4 Å². The minimum Gasteiger partial charge on any atom is -0.496 e. The molecule has 0 amide bonds. The lowest BCUT2D eigenvalue weighted by Crippen LogP contribution is -2.12. The summed E-state index contributed by atoms with van der Waals surface area (Å²) in [7, 11) is 1.74. The van der Waals surface area contributed by atoms with Crippen LogP contribution in [0.4, 0.5) is 11.8 Å². The Morgan fingerprint density at radius 3 is 2.74 bits per heavy atom. The van der Waals surface area contributed by atoms with Crippen LogP contribution in [0.5, 0.6) is 11.5 Å². The van der Waals surface area contributed by atoms with Gasteiger partial charge in [-0.05, 0) is 25.0 Å². The second-order valence-electron chi connectivity index (χ2n) is 7.09. The molecule has 3 N–H and O–H groups in total. The number of nitrogens with zero attached hydrogens (tertiary/aromatic N) is 2. The third-order valence-electron chi connectivity index (χ3n) is 4.75. The molecule has 8 nitrogen and oxygen atoms in total. The normalized spacial score (nSPS) is 10.9. The van der Waals surface area contributed by atoms with Gasteiger partial charge in [0.05, 0.1) is 26.5 Å². The van der Waals surface area contributed by atoms with Gasteiger partial charge in [-0.15, -0.1) is 0 Å². The SMILES string of the molecule is CCCCCNc1nc(N)nc(C)c1Cc1ccc(OCCOCCP=O)cc1OC. The van der Waals surface area contributed by atoms with E-state index in [9.17, 15) is 4.57 Å². The first kappa shape index (κ1) is 24.8. The average molecular weight is 449 g/mol. The summed E-state index contributed by atoms with van der Waals surface area (Å²) in [6.45, 7) is 6.27. The van der Waals surface area contributed by atoms with Crippen molar-refractivity contribution < 1.29 is 18.8 Å². The van der Waals surface area contributed by atoms with Crippen LogP contribution in [-0.2, 0) is 15.7 Å². The van der Waals surface area contributed by atoms with Crippen LogP contribution in [-0.4, -0.2) is 49.6 Å². The standard InChI is InChI=1S/C22H33N4O4P/c1-4-5-6-9-24-21-19(16(2)25-22(23)26-21)14-17-7-8-18(15-20(17)28-3)30-11-10-29-12-13-31-27/h7-8,15H,4-6,9-14H2,1-3H3,(H3,23,24,25,26). The molecule has 0 aliphatic rings. The number of anilines is 2. The number of benzene rings is 1. The van der Waals surface area contributed by atoms with E-state index in [1.165, 1.54) is 6.42 Å². The molecule has 0 fully saturated rings. The molecule has 2 aromatic rings. The van der Waals surface area contributed by atoms with E-state index < -0.39 is 0 Å². The average Bonchev–Trinajstić information content (AvgIpc) is 2.76. The molecule has 0 spiro atoms. The maximum Gasteiger partial charge on any atom is 0.222 e. The second-order valence-corrected chi connectivity index (χ2v) is 7.80. The Morgan fingerprint density at radius 2 is 2.00 bits per heavy atom. The van der Waals surface area contributed by atoms with Crippen LogP contribution in [0.15, 0.2) is 18.2 Å². The Hall–Kier alpha value is -2.44. The summed E-state index contributed by atoms with van der Waals surface area (Å²) >= 11 is 0. The number of unbranched alkanes of at least 4 members (excludes halogenated alkanes) is 2. The largest absolute Gasteiger partial charge is 0.496 e. The summed E-state index contributed by atoms with van der Waals surface area (Å²) in [5.74, 6) is 2.48. The van der Waals surface area contributed by atoms with Crippen molar-refractivity contribution in [2.24, 2.45) is 0 Å². The Morgan fingerprint density at radius 1 is 1.16 bits per heavy atom. The maximum atomic E-state index is 10.4. The second kappa shape index (κ2) is 13.8. The first-order valence-corrected chi connectivity index (χ1v) is 11.6. The molecular formula is C22H33N4O4P. The summed E-state index contributed by atoms with van der Waals surface area (Å²) in [6.07, 6.45) is 4.52. The summed E-state index contributed by atoms with van der Waals surface area (Å²) in [6, 6.07) is 5.77. The highest BCUT2D eigenvalue weighted by Crippen LogP contribution is 2.29. The van der Waals surface area contributed by atoms with Gasteiger partial charge in [0.2, 0.25) is 5.95 Å². The lowest BCUT2D eigenvalue weighted by Gasteiger charge is -2.16. The highest BCUT2D eigenvalue weighted by Gasteiger charge is 2.14. The van der Waals surface area contributed by atoms with Crippen LogP contribution in [0.25, 0.3) is 0 Å².